The van der Waals surface area contributed by atoms with E-state index < -0.39 is 5.82 Å². The Morgan fingerprint density at radius 3 is 2.71 bits per heavy atom. The number of ether oxygens (including phenoxy) is 1. The summed E-state index contributed by atoms with van der Waals surface area (Å²) in [6, 6.07) is 11.6. The highest BCUT2D eigenvalue weighted by Crippen LogP contribution is 2.30. The van der Waals surface area contributed by atoms with Crippen LogP contribution in [0.2, 0.25) is 10.0 Å². The zero-order chi connectivity index (χ0) is 20.3. The van der Waals surface area contributed by atoms with Gasteiger partial charge in [0.15, 0.2) is 17.4 Å². The standard InChI is InChI=1S/C21H17Cl2FN2O2/c1-12(27)13-3-2-4-14(9-13)15-10-19(21(25)26-11-15)28-8-7-16-17(22)5-6-18(24)20(16)23/h2-6,9-11H,7-8H2,1H3,(H2,25,26). The predicted octanol–water partition coefficient (Wildman–Crippen LogP) is 5.60. The molecule has 3 rings (SSSR count). The molecule has 0 saturated heterocycles. The number of nitrogens with two attached hydrogens (primary N) is 1. The lowest BCUT2D eigenvalue weighted by Gasteiger charge is -2.12. The van der Waals surface area contributed by atoms with Gasteiger partial charge in [0, 0.05) is 28.8 Å². The van der Waals surface area contributed by atoms with Crippen LogP contribution in [0, 0.1) is 5.82 Å². The quantitative estimate of drug-likeness (QED) is 0.417. The van der Waals surface area contributed by atoms with Crippen molar-refractivity contribution < 1.29 is 13.9 Å². The molecule has 144 valence electrons. The van der Waals surface area contributed by atoms with Gasteiger partial charge in [-0.1, -0.05) is 41.4 Å². The molecule has 0 bridgehead atoms. The molecular formula is C21H17Cl2FN2O2. The molecule has 1 heterocycles. The fourth-order valence-electron chi connectivity index (χ4n) is 2.71. The summed E-state index contributed by atoms with van der Waals surface area (Å²) in [7, 11) is 0. The number of carbonyl (C=O) groups excluding carboxylic acids is 1. The van der Waals surface area contributed by atoms with Gasteiger partial charge in [-0.2, -0.15) is 0 Å². The molecule has 2 aromatic carbocycles. The van der Waals surface area contributed by atoms with Crippen LogP contribution in [0.5, 0.6) is 5.75 Å². The van der Waals surface area contributed by atoms with Gasteiger partial charge in [0.25, 0.3) is 0 Å². The number of halogens is 3. The van der Waals surface area contributed by atoms with Crippen LogP contribution in [0.25, 0.3) is 11.1 Å². The minimum absolute atomic E-state index is 0.0167. The molecule has 0 atom stereocenters. The summed E-state index contributed by atoms with van der Waals surface area (Å²) in [4.78, 5) is 15.8. The summed E-state index contributed by atoms with van der Waals surface area (Å²) >= 11 is 12.1. The first kappa shape index (κ1) is 20.1. The van der Waals surface area contributed by atoms with Crippen LogP contribution in [-0.2, 0) is 6.42 Å². The molecule has 0 fully saturated rings. The number of Topliss-reactive ketones (excluding diaryl/α,β-unsaturated/α-hetero) is 1. The molecule has 0 aliphatic rings. The maximum absolute atomic E-state index is 13.6. The Morgan fingerprint density at radius 2 is 1.96 bits per heavy atom. The highest BCUT2D eigenvalue weighted by molar-refractivity contribution is 6.36. The van der Waals surface area contributed by atoms with Crippen molar-refractivity contribution in [3.05, 3.63) is 75.7 Å². The average molecular weight is 419 g/mol. The molecule has 28 heavy (non-hydrogen) atoms. The molecule has 0 radical (unpaired) electrons. The number of hydrogen-bond acceptors (Lipinski definition) is 4. The number of hydrogen-bond donors (Lipinski definition) is 1. The summed E-state index contributed by atoms with van der Waals surface area (Å²) in [6.45, 7) is 1.70. The first-order chi connectivity index (χ1) is 13.4. The topological polar surface area (TPSA) is 65.2 Å². The third kappa shape index (κ3) is 4.43. The van der Waals surface area contributed by atoms with Crippen LogP contribution in [0.3, 0.4) is 0 Å². The van der Waals surface area contributed by atoms with E-state index >= 15 is 0 Å². The summed E-state index contributed by atoms with van der Waals surface area (Å²) < 4.78 is 19.4. The molecule has 1 aromatic heterocycles. The third-order valence-corrected chi connectivity index (χ3v) is 5.00. The molecule has 0 unspecified atom stereocenters. The molecule has 0 saturated carbocycles. The zero-order valence-electron chi connectivity index (χ0n) is 15.0. The van der Waals surface area contributed by atoms with Gasteiger partial charge in [-0.05, 0) is 42.3 Å². The lowest BCUT2D eigenvalue weighted by Crippen LogP contribution is -2.06. The highest BCUT2D eigenvalue weighted by atomic mass is 35.5. The van der Waals surface area contributed by atoms with Gasteiger partial charge < -0.3 is 10.5 Å². The minimum atomic E-state index is -0.533. The number of nitrogens with zero attached hydrogens (tertiary/aromatic N) is 1. The van der Waals surface area contributed by atoms with E-state index in [0.717, 1.165) is 11.1 Å². The summed E-state index contributed by atoms with van der Waals surface area (Å²) in [5, 5.41) is 0.355. The van der Waals surface area contributed by atoms with E-state index in [9.17, 15) is 9.18 Å². The first-order valence-electron chi connectivity index (χ1n) is 8.49. The molecule has 0 amide bonds. The number of pyridine rings is 1. The van der Waals surface area contributed by atoms with Crippen molar-refractivity contribution in [2.24, 2.45) is 0 Å². The van der Waals surface area contributed by atoms with Crippen molar-refractivity contribution in [2.75, 3.05) is 12.3 Å². The van der Waals surface area contributed by atoms with Crippen LogP contribution in [-0.4, -0.2) is 17.4 Å². The van der Waals surface area contributed by atoms with Gasteiger partial charge in [-0.25, -0.2) is 9.37 Å². The molecular weight excluding hydrogens is 402 g/mol. The Balaban J connectivity index is 1.79. The highest BCUT2D eigenvalue weighted by Gasteiger charge is 2.12. The molecule has 0 aliphatic carbocycles. The molecule has 4 nitrogen and oxygen atoms in total. The first-order valence-corrected chi connectivity index (χ1v) is 9.24. The average Bonchev–Trinajstić information content (AvgIpc) is 2.69. The van der Waals surface area contributed by atoms with Gasteiger partial charge >= 0.3 is 0 Å². The van der Waals surface area contributed by atoms with E-state index in [4.69, 9.17) is 33.7 Å². The van der Waals surface area contributed by atoms with Crippen molar-refractivity contribution in [3.8, 4) is 16.9 Å². The van der Waals surface area contributed by atoms with E-state index in [0.29, 0.717) is 28.3 Å². The van der Waals surface area contributed by atoms with Gasteiger partial charge in [0.2, 0.25) is 0 Å². The maximum atomic E-state index is 13.6. The lowest BCUT2D eigenvalue weighted by molar-refractivity contribution is 0.101. The van der Waals surface area contributed by atoms with Crippen molar-refractivity contribution in [1.82, 2.24) is 4.98 Å². The van der Waals surface area contributed by atoms with Gasteiger partial charge in [-0.3, -0.25) is 4.79 Å². The summed E-state index contributed by atoms with van der Waals surface area (Å²) in [6.07, 6.45) is 1.92. The fourth-order valence-corrected chi connectivity index (χ4v) is 3.27. The number of nitrogen functional groups attached to an aromatic ring is 1. The van der Waals surface area contributed by atoms with E-state index in [1.54, 1.807) is 30.5 Å². The molecule has 0 aliphatic heterocycles. The van der Waals surface area contributed by atoms with E-state index in [2.05, 4.69) is 4.98 Å². The van der Waals surface area contributed by atoms with Crippen molar-refractivity contribution in [2.45, 2.75) is 13.3 Å². The number of anilines is 1. The predicted molar refractivity (Wildman–Crippen MR) is 110 cm³/mol. The number of ketones is 1. The largest absolute Gasteiger partial charge is 0.489 e. The second-order valence-corrected chi connectivity index (χ2v) is 6.95. The fraction of sp³-hybridized carbons (Fsp3) is 0.143. The number of aromatic nitrogens is 1. The SMILES string of the molecule is CC(=O)c1cccc(-c2cnc(N)c(OCCc3c(Cl)ccc(F)c3Cl)c2)c1. The molecule has 3 aromatic rings. The number of benzene rings is 2. The van der Waals surface area contributed by atoms with E-state index in [-0.39, 0.29) is 23.2 Å². The number of rotatable bonds is 6. The van der Waals surface area contributed by atoms with E-state index in [1.807, 2.05) is 6.07 Å². The second kappa shape index (κ2) is 8.59. The van der Waals surface area contributed by atoms with Crippen molar-refractivity contribution in [1.29, 1.82) is 0 Å². The van der Waals surface area contributed by atoms with Crippen molar-refractivity contribution in [3.63, 3.8) is 0 Å². The molecule has 7 heteroatoms. The Morgan fingerprint density at radius 1 is 1.18 bits per heavy atom. The Kier molecular flexibility index (Phi) is 6.17. The van der Waals surface area contributed by atoms with Crippen LogP contribution in [0.4, 0.5) is 10.2 Å². The Bertz CT molecular complexity index is 1040. The smallest absolute Gasteiger partial charge is 0.166 e. The summed E-state index contributed by atoms with van der Waals surface area (Å²) in [5.41, 5.74) is 8.56. The monoisotopic (exact) mass is 418 g/mol. The Labute approximate surface area is 172 Å². The summed E-state index contributed by atoms with van der Waals surface area (Å²) in [5.74, 6) is 0.0532. The van der Waals surface area contributed by atoms with Gasteiger partial charge in [0.1, 0.15) is 5.82 Å². The normalized spacial score (nSPS) is 10.7. The number of carbonyl (C=O) groups is 1. The maximum Gasteiger partial charge on any atom is 0.166 e. The lowest BCUT2D eigenvalue weighted by atomic mass is 10.0. The third-order valence-electron chi connectivity index (χ3n) is 4.23. The van der Waals surface area contributed by atoms with Crippen LogP contribution in [0.1, 0.15) is 22.8 Å². The van der Waals surface area contributed by atoms with Crippen molar-refractivity contribution >= 4 is 34.8 Å². The second-order valence-electron chi connectivity index (χ2n) is 6.16. The van der Waals surface area contributed by atoms with Crippen LogP contribution >= 0.6 is 23.2 Å². The van der Waals surface area contributed by atoms with Crippen LogP contribution < -0.4 is 10.5 Å². The van der Waals surface area contributed by atoms with Gasteiger partial charge in [-0.15, -0.1) is 0 Å². The zero-order valence-corrected chi connectivity index (χ0v) is 16.5. The van der Waals surface area contributed by atoms with Crippen LogP contribution in [0.15, 0.2) is 48.7 Å². The van der Waals surface area contributed by atoms with Gasteiger partial charge in [0.05, 0.1) is 11.6 Å². The minimum Gasteiger partial charge on any atom is -0.489 e. The molecule has 0 spiro atoms. The molecule has 2 N–H and O–H groups in total. The Hall–Kier alpha value is -2.63. The van der Waals surface area contributed by atoms with E-state index in [1.165, 1.54) is 19.1 Å².